The third-order valence-corrected chi connectivity index (χ3v) is 7.58. The Hall–Kier alpha value is -3.77. The topological polar surface area (TPSA) is 60.7 Å². The summed E-state index contributed by atoms with van der Waals surface area (Å²) in [5.41, 5.74) is 7.13. The van der Waals surface area contributed by atoms with E-state index in [9.17, 15) is 4.79 Å². The van der Waals surface area contributed by atoms with Crippen molar-refractivity contribution in [2.75, 3.05) is 5.75 Å². The first kappa shape index (κ1) is 22.7. The Labute approximate surface area is 214 Å². The minimum atomic E-state index is 0.138. The molecule has 0 bridgehead atoms. The van der Waals surface area contributed by atoms with Gasteiger partial charge in [0, 0.05) is 34.4 Å². The fraction of sp³-hybridized carbons (Fsp3) is 0.200. The van der Waals surface area contributed by atoms with Crippen LogP contribution in [0, 0.1) is 0 Å². The van der Waals surface area contributed by atoms with Crippen LogP contribution in [0.25, 0.3) is 33.4 Å². The van der Waals surface area contributed by atoms with Gasteiger partial charge in [-0.15, -0.1) is 10.2 Å². The molecule has 1 aliphatic rings. The fourth-order valence-electron chi connectivity index (χ4n) is 5.08. The Morgan fingerprint density at radius 1 is 0.778 bits per heavy atom. The molecule has 6 heteroatoms. The number of hydrogen-bond acceptors (Lipinski definition) is 5. The van der Waals surface area contributed by atoms with Crippen LogP contribution in [0.5, 0.6) is 0 Å². The molecular weight excluding hydrogens is 464 g/mol. The molecule has 178 valence electrons. The molecule has 0 fully saturated rings. The highest BCUT2D eigenvalue weighted by molar-refractivity contribution is 7.99. The molecule has 0 atom stereocenters. The third kappa shape index (κ3) is 4.33. The van der Waals surface area contributed by atoms with Crippen molar-refractivity contribution in [2.24, 2.45) is 0 Å². The van der Waals surface area contributed by atoms with Crippen molar-refractivity contribution in [3.63, 3.8) is 0 Å². The van der Waals surface area contributed by atoms with Crippen molar-refractivity contribution < 1.29 is 4.79 Å². The Morgan fingerprint density at radius 2 is 1.44 bits per heavy atom. The molecule has 0 saturated heterocycles. The summed E-state index contributed by atoms with van der Waals surface area (Å²) in [6.07, 6.45) is 4.77. The zero-order valence-electron chi connectivity index (χ0n) is 19.9. The second-order valence-electron chi connectivity index (χ2n) is 9.00. The maximum Gasteiger partial charge on any atom is 0.232 e. The number of carbonyl (C=O) groups is 1. The van der Waals surface area contributed by atoms with Crippen LogP contribution >= 0.6 is 11.8 Å². The number of carbonyl (C=O) groups excluding carboxylic acids is 1. The van der Waals surface area contributed by atoms with E-state index in [1.807, 2.05) is 71.3 Å². The van der Waals surface area contributed by atoms with Crippen LogP contribution in [-0.4, -0.2) is 31.4 Å². The predicted molar refractivity (Wildman–Crippen MR) is 145 cm³/mol. The smallest absolute Gasteiger partial charge is 0.232 e. The van der Waals surface area contributed by atoms with Gasteiger partial charge in [-0.25, -0.2) is 4.98 Å². The molecule has 0 saturated carbocycles. The van der Waals surface area contributed by atoms with E-state index in [1.54, 1.807) is 0 Å². The molecule has 0 radical (unpaired) electrons. The van der Waals surface area contributed by atoms with Crippen LogP contribution in [0.15, 0.2) is 90.1 Å². The van der Waals surface area contributed by atoms with Gasteiger partial charge in [0.25, 0.3) is 0 Å². The van der Waals surface area contributed by atoms with E-state index < -0.39 is 0 Å². The minimum absolute atomic E-state index is 0.138. The van der Waals surface area contributed by atoms with Gasteiger partial charge >= 0.3 is 0 Å². The van der Waals surface area contributed by atoms with Crippen LogP contribution in [0.1, 0.15) is 35.3 Å². The summed E-state index contributed by atoms with van der Waals surface area (Å²) in [5.74, 6) is 0.736. The van der Waals surface area contributed by atoms with Crippen LogP contribution in [-0.2, 0) is 12.8 Å². The molecule has 3 aromatic carbocycles. The summed E-state index contributed by atoms with van der Waals surface area (Å²) in [5, 5.41) is 10.8. The molecule has 2 aromatic heterocycles. The monoisotopic (exact) mass is 490 g/mol. The zero-order valence-corrected chi connectivity index (χ0v) is 20.7. The highest BCUT2D eigenvalue weighted by Crippen LogP contribution is 2.33. The van der Waals surface area contributed by atoms with Gasteiger partial charge < -0.3 is 0 Å². The Balaban J connectivity index is 1.24. The van der Waals surface area contributed by atoms with Crippen LogP contribution in [0.2, 0.25) is 0 Å². The number of para-hydroxylation sites is 1. The number of fused-ring (bicyclic) bond motifs is 3. The van der Waals surface area contributed by atoms with E-state index >= 15 is 0 Å². The molecule has 0 amide bonds. The summed E-state index contributed by atoms with van der Waals surface area (Å²) < 4.78 is 1.97. The lowest BCUT2D eigenvalue weighted by Gasteiger charge is -2.15. The Bertz CT molecular complexity index is 1530. The lowest BCUT2D eigenvalue weighted by molar-refractivity contribution is 0.0912. The number of thioether (sulfide) groups is 1. The molecule has 36 heavy (non-hydrogen) atoms. The number of nitrogens with zero attached hydrogens (tertiary/aromatic N) is 4. The molecule has 6 rings (SSSR count). The van der Waals surface area contributed by atoms with Crippen LogP contribution in [0.4, 0.5) is 0 Å². The van der Waals surface area contributed by atoms with E-state index in [4.69, 9.17) is 4.98 Å². The lowest BCUT2D eigenvalue weighted by Crippen LogP contribution is -2.16. The van der Waals surface area contributed by atoms with Crippen molar-refractivity contribution >= 4 is 28.6 Å². The molecule has 0 spiro atoms. The molecule has 2 heterocycles. The maximum absolute atomic E-state index is 13.4. The second kappa shape index (κ2) is 10.1. The molecule has 5 nitrogen and oxygen atoms in total. The largest absolute Gasteiger partial charge is 0.284 e. The number of rotatable bonds is 6. The van der Waals surface area contributed by atoms with Crippen molar-refractivity contribution in [1.82, 2.24) is 19.7 Å². The average molecular weight is 491 g/mol. The van der Waals surface area contributed by atoms with Crippen LogP contribution in [0.3, 0.4) is 0 Å². The Kier molecular flexibility index (Phi) is 6.35. The standard InChI is InChI=1S/C30H26N4OS/c35-27(34-25-17-9-7-15-23(25)24-16-8-10-18-26(24)34)19-20-36-30-31-28(21-11-3-1-4-12-21)29(32-33-30)22-13-5-2-6-14-22/h1-7,9,11-15,17H,8,10,16,18-20H2. The molecule has 0 N–H and O–H groups in total. The first-order chi connectivity index (χ1) is 17.8. The summed E-state index contributed by atoms with van der Waals surface area (Å²) in [6, 6.07) is 28.4. The molecule has 5 aromatic rings. The first-order valence-electron chi connectivity index (χ1n) is 12.4. The van der Waals surface area contributed by atoms with Crippen molar-refractivity contribution in [3.05, 3.63) is 96.2 Å². The summed E-state index contributed by atoms with van der Waals surface area (Å²) >= 11 is 1.48. The van der Waals surface area contributed by atoms with Gasteiger partial charge in [0.05, 0.1) is 5.52 Å². The quantitative estimate of drug-likeness (QED) is 0.243. The third-order valence-electron chi connectivity index (χ3n) is 6.74. The summed E-state index contributed by atoms with van der Waals surface area (Å²) in [6.45, 7) is 0. The van der Waals surface area contributed by atoms with Gasteiger partial charge in [-0.1, -0.05) is 90.6 Å². The van der Waals surface area contributed by atoms with E-state index in [2.05, 4.69) is 28.4 Å². The van der Waals surface area contributed by atoms with Gasteiger partial charge in [0.2, 0.25) is 11.1 Å². The highest BCUT2D eigenvalue weighted by atomic mass is 32.2. The second-order valence-corrected chi connectivity index (χ2v) is 10.1. The van der Waals surface area contributed by atoms with Gasteiger partial charge in [0.1, 0.15) is 11.4 Å². The summed E-state index contributed by atoms with van der Waals surface area (Å²) in [4.78, 5) is 18.3. The first-order valence-corrected chi connectivity index (χ1v) is 13.4. The van der Waals surface area contributed by atoms with Crippen molar-refractivity contribution in [1.29, 1.82) is 0 Å². The zero-order chi connectivity index (χ0) is 24.3. The Morgan fingerprint density at radius 3 is 2.22 bits per heavy atom. The maximum atomic E-state index is 13.4. The molecule has 1 aliphatic carbocycles. The number of aromatic nitrogens is 4. The van der Waals surface area contributed by atoms with Gasteiger partial charge in [-0.3, -0.25) is 9.36 Å². The molecule has 0 unspecified atom stereocenters. The SMILES string of the molecule is O=C(CCSc1nnc(-c2ccccc2)c(-c2ccccc2)n1)n1c2c(c3ccccc31)CCCC2. The van der Waals surface area contributed by atoms with Crippen molar-refractivity contribution in [3.8, 4) is 22.5 Å². The van der Waals surface area contributed by atoms with E-state index in [1.165, 1.54) is 34.8 Å². The minimum Gasteiger partial charge on any atom is -0.284 e. The highest BCUT2D eigenvalue weighted by Gasteiger charge is 2.23. The lowest BCUT2D eigenvalue weighted by atomic mass is 9.95. The van der Waals surface area contributed by atoms with Gasteiger partial charge in [-0.2, -0.15) is 0 Å². The fourth-order valence-corrected chi connectivity index (χ4v) is 5.80. The van der Waals surface area contributed by atoms with Crippen molar-refractivity contribution in [2.45, 2.75) is 37.3 Å². The predicted octanol–water partition coefficient (Wildman–Crippen LogP) is 6.86. The van der Waals surface area contributed by atoms with Crippen LogP contribution < -0.4 is 0 Å². The number of benzene rings is 3. The molecular formula is C30H26N4OS. The number of hydrogen-bond donors (Lipinski definition) is 0. The summed E-state index contributed by atoms with van der Waals surface area (Å²) in [7, 11) is 0. The van der Waals surface area contributed by atoms with E-state index in [-0.39, 0.29) is 5.91 Å². The molecule has 0 aliphatic heterocycles. The van der Waals surface area contributed by atoms with Gasteiger partial charge in [0.15, 0.2) is 0 Å². The normalized spacial score (nSPS) is 13.0. The van der Waals surface area contributed by atoms with E-state index in [0.717, 1.165) is 47.3 Å². The number of aryl methyl sites for hydroxylation is 1. The van der Waals surface area contributed by atoms with E-state index in [0.29, 0.717) is 17.3 Å². The average Bonchev–Trinajstić information content (AvgIpc) is 3.28. The van der Waals surface area contributed by atoms with Gasteiger partial charge in [-0.05, 0) is 37.3 Å².